The van der Waals surface area contributed by atoms with Gasteiger partial charge in [0.2, 0.25) is 0 Å². The zero-order valence-electron chi connectivity index (χ0n) is 4.09. The first kappa shape index (κ1) is 7.67. The van der Waals surface area contributed by atoms with Gasteiger partial charge in [-0.3, -0.25) is 0 Å². The molecule has 32 valence electrons. The van der Waals surface area contributed by atoms with E-state index in [1.165, 1.54) is 0 Å². The van der Waals surface area contributed by atoms with E-state index in [1.54, 1.807) is 15.0 Å². The summed E-state index contributed by atoms with van der Waals surface area (Å²) in [5.74, 6) is 0. The molecule has 0 unspecified atom stereocenters. The van der Waals surface area contributed by atoms with Crippen LogP contribution in [0.3, 0.4) is 0 Å². The van der Waals surface area contributed by atoms with Gasteiger partial charge in [0.25, 0.3) is 0 Å². The van der Waals surface area contributed by atoms with Gasteiger partial charge in [0, 0.05) is 32.5 Å². The molecule has 0 aromatic heterocycles. The standard InChI is InChI=1S/2CH2BO.Zn/c2*1-2-3-1;/h2*1H2;. The predicted molar refractivity (Wildman–Crippen MR) is 23.4 cm³/mol. The smallest absolute Gasteiger partial charge is 0.317 e. The third kappa shape index (κ3) is 20.4. The molecule has 0 N–H and O–H groups in total. The second-order valence-corrected chi connectivity index (χ2v) is 1.00. The second kappa shape index (κ2) is 4.82. The number of rotatable bonds is 0. The molecule has 0 saturated carbocycles. The zero-order valence-corrected chi connectivity index (χ0v) is 7.06. The van der Waals surface area contributed by atoms with Crippen LogP contribution in [-0.4, -0.2) is 28.0 Å². The Labute approximate surface area is 57.3 Å². The van der Waals surface area contributed by atoms with Crippen molar-refractivity contribution in [3.05, 3.63) is 0 Å². The molecule has 2 rings (SSSR count). The first-order valence-electron chi connectivity index (χ1n) is 1.87. The maximum Gasteiger partial charge on any atom is 0.317 e. The predicted octanol–water partition coefficient (Wildman–Crippen LogP) is -0.816. The molecule has 0 spiro atoms. The molecule has 7 heavy (non-hydrogen) atoms. The SMILES string of the molecule is [B]1CO1.[B]1CO1.[Zn]. The van der Waals surface area contributed by atoms with Crippen molar-refractivity contribution in [3.63, 3.8) is 0 Å². The number of hydrogen-bond donors (Lipinski definition) is 0. The summed E-state index contributed by atoms with van der Waals surface area (Å²) in [6.07, 6.45) is 0. The Hall–Kier alpha value is 0.673. The van der Waals surface area contributed by atoms with E-state index in [0.717, 1.165) is 13.0 Å². The zero-order chi connectivity index (χ0) is 4.24. The monoisotopic (exact) mass is 146 g/mol. The summed E-state index contributed by atoms with van der Waals surface area (Å²) < 4.78 is 8.75. The Morgan fingerprint density at radius 1 is 1.00 bits per heavy atom. The molecule has 0 amide bonds. The van der Waals surface area contributed by atoms with Crippen LogP contribution in [0.2, 0.25) is 0 Å². The average molecular weight is 147 g/mol. The van der Waals surface area contributed by atoms with Gasteiger partial charge < -0.3 is 9.31 Å². The van der Waals surface area contributed by atoms with Crippen molar-refractivity contribution in [2.45, 2.75) is 0 Å². The molecule has 0 aromatic rings. The van der Waals surface area contributed by atoms with Crippen LogP contribution < -0.4 is 0 Å². The molecular formula is C2H4B2O2Zn. The van der Waals surface area contributed by atoms with Gasteiger partial charge in [0.1, 0.15) is 0 Å². The Morgan fingerprint density at radius 2 is 1.14 bits per heavy atom. The van der Waals surface area contributed by atoms with Gasteiger partial charge in [-0.05, 0) is 0 Å². The topological polar surface area (TPSA) is 25.1 Å². The van der Waals surface area contributed by atoms with Crippen LogP contribution in [-0.2, 0) is 28.8 Å². The van der Waals surface area contributed by atoms with Gasteiger partial charge in [-0.25, -0.2) is 0 Å². The van der Waals surface area contributed by atoms with E-state index in [0.29, 0.717) is 0 Å². The quantitative estimate of drug-likeness (QED) is 0.330. The Morgan fingerprint density at radius 3 is 1.14 bits per heavy atom. The Balaban J connectivity index is 0.0000000900. The van der Waals surface area contributed by atoms with E-state index < -0.39 is 0 Å². The molecule has 0 aromatic carbocycles. The summed E-state index contributed by atoms with van der Waals surface area (Å²) in [4.78, 5) is 0. The molecular weight excluding hydrogens is 143 g/mol. The van der Waals surface area contributed by atoms with Crippen LogP contribution in [0.1, 0.15) is 0 Å². The second-order valence-electron chi connectivity index (χ2n) is 1.00. The molecule has 2 radical (unpaired) electrons. The van der Waals surface area contributed by atoms with E-state index >= 15 is 0 Å². The van der Waals surface area contributed by atoms with Gasteiger partial charge in [-0.1, -0.05) is 0 Å². The third-order valence-electron chi connectivity index (χ3n) is 0.333. The van der Waals surface area contributed by atoms with Gasteiger partial charge in [0.05, 0.1) is 0 Å². The summed E-state index contributed by atoms with van der Waals surface area (Å²) in [5.41, 5.74) is 0. The molecule has 5 heteroatoms. The largest absolute Gasteiger partial charge is 0.443 e. The summed E-state index contributed by atoms with van der Waals surface area (Å²) in [6, 6.07) is 0. The van der Waals surface area contributed by atoms with E-state index in [-0.39, 0.29) is 19.5 Å². The molecule has 0 aliphatic carbocycles. The fourth-order valence-electron chi connectivity index (χ4n) is 0. The van der Waals surface area contributed by atoms with Crippen LogP contribution >= 0.6 is 0 Å². The fourth-order valence-corrected chi connectivity index (χ4v) is 0. The normalized spacial score (nSPS) is 18.3. The molecule has 2 aliphatic rings. The van der Waals surface area contributed by atoms with Crippen LogP contribution in [0.5, 0.6) is 0 Å². The van der Waals surface area contributed by atoms with Gasteiger partial charge in [-0.2, -0.15) is 0 Å². The minimum absolute atomic E-state index is 0. The van der Waals surface area contributed by atoms with Crippen LogP contribution in [0.25, 0.3) is 0 Å². The van der Waals surface area contributed by atoms with Gasteiger partial charge >= 0.3 is 15.0 Å². The summed E-state index contributed by atoms with van der Waals surface area (Å²) in [5, 5.41) is 0. The van der Waals surface area contributed by atoms with Crippen LogP contribution in [0.15, 0.2) is 0 Å². The minimum Gasteiger partial charge on any atom is -0.443 e. The molecule has 0 atom stereocenters. The maximum atomic E-state index is 4.38. The average Bonchev–Trinajstić information content (AvgIpc) is 2.31. The Bertz CT molecular complexity index is 29.2. The van der Waals surface area contributed by atoms with Gasteiger partial charge in [-0.15, -0.1) is 0 Å². The van der Waals surface area contributed by atoms with Crippen molar-refractivity contribution < 1.29 is 28.8 Å². The third-order valence-corrected chi connectivity index (χ3v) is 0.333. The Kier molecular flexibility index (Phi) is 5.29. The van der Waals surface area contributed by atoms with E-state index in [1.807, 2.05) is 0 Å². The van der Waals surface area contributed by atoms with E-state index in [4.69, 9.17) is 0 Å². The molecule has 2 aliphatic heterocycles. The molecule has 2 heterocycles. The van der Waals surface area contributed by atoms with Crippen molar-refractivity contribution >= 4 is 15.0 Å². The van der Waals surface area contributed by atoms with Crippen molar-refractivity contribution in [1.82, 2.24) is 0 Å². The van der Waals surface area contributed by atoms with E-state index in [2.05, 4.69) is 9.31 Å². The first-order valence-corrected chi connectivity index (χ1v) is 1.87. The summed E-state index contributed by atoms with van der Waals surface area (Å²) in [7, 11) is 3.50. The van der Waals surface area contributed by atoms with Crippen molar-refractivity contribution in [1.29, 1.82) is 0 Å². The summed E-state index contributed by atoms with van der Waals surface area (Å²) >= 11 is 0. The van der Waals surface area contributed by atoms with Crippen molar-refractivity contribution in [3.8, 4) is 0 Å². The van der Waals surface area contributed by atoms with Crippen molar-refractivity contribution in [2.75, 3.05) is 13.0 Å². The molecule has 0 bridgehead atoms. The molecule has 2 nitrogen and oxygen atoms in total. The van der Waals surface area contributed by atoms with Crippen LogP contribution in [0, 0.1) is 0 Å². The van der Waals surface area contributed by atoms with E-state index in [9.17, 15) is 0 Å². The first-order chi connectivity index (χ1) is 3.00. The molecule has 2 saturated heterocycles. The van der Waals surface area contributed by atoms with Crippen molar-refractivity contribution in [2.24, 2.45) is 0 Å². The van der Waals surface area contributed by atoms with Gasteiger partial charge in [0.15, 0.2) is 0 Å². The maximum absolute atomic E-state index is 4.38. The minimum atomic E-state index is 0. The van der Waals surface area contributed by atoms with Crippen LogP contribution in [0.4, 0.5) is 0 Å². The summed E-state index contributed by atoms with van der Waals surface area (Å²) in [6.45, 7) is 1.75. The molecule has 2 fully saturated rings. The number of hydrogen-bond acceptors (Lipinski definition) is 2. The fraction of sp³-hybridized carbons (Fsp3) is 1.00.